The molecule has 0 amide bonds. The second-order valence-electron chi connectivity index (χ2n) is 8.97. The molecule has 0 bridgehead atoms. The fourth-order valence-corrected chi connectivity index (χ4v) is 5.62. The number of halogens is 3. The van der Waals surface area contributed by atoms with Gasteiger partial charge in [0.2, 0.25) is 0 Å². The Morgan fingerprint density at radius 1 is 1.00 bits per heavy atom. The Labute approximate surface area is 200 Å². The molecular weight excluding hydrogens is 453 g/mol. The minimum atomic E-state index is -0.702. The molecule has 2 saturated heterocycles. The van der Waals surface area contributed by atoms with Crippen molar-refractivity contribution in [3.8, 4) is 0 Å². The monoisotopic (exact) mass is 481 g/mol. The van der Waals surface area contributed by atoms with Gasteiger partial charge in [0.25, 0.3) is 0 Å². The predicted molar refractivity (Wildman–Crippen MR) is 131 cm³/mol. The van der Waals surface area contributed by atoms with Gasteiger partial charge < -0.3 is 15.3 Å². The first-order valence-electron chi connectivity index (χ1n) is 11.0. The minimum absolute atomic E-state index is 0.105. The van der Waals surface area contributed by atoms with Crippen molar-refractivity contribution in [1.29, 1.82) is 0 Å². The fourth-order valence-electron chi connectivity index (χ4n) is 4.98. The average molecular weight is 483 g/mol. The number of rotatable bonds is 5. The summed E-state index contributed by atoms with van der Waals surface area (Å²) in [5.74, 6) is 0.325. The molecule has 2 N–H and O–H groups in total. The van der Waals surface area contributed by atoms with Crippen molar-refractivity contribution in [2.24, 2.45) is 5.92 Å². The van der Waals surface area contributed by atoms with E-state index in [-0.39, 0.29) is 6.04 Å². The van der Waals surface area contributed by atoms with Gasteiger partial charge in [-0.25, -0.2) is 0 Å². The molecule has 0 radical (unpaired) electrons. The molecule has 31 heavy (non-hydrogen) atoms. The number of β-amino-alcohol motifs (C(OH)–C–C–N with tert-alkyl or cyclic N) is 1. The van der Waals surface area contributed by atoms with Gasteiger partial charge in [-0.3, -0.25) is 4.90 Å². The van der Waals surface area contributed by atoms with Crippen LogP contribution in [0.5, 0.6) is 0 Å². The van der Waals surface area contributed by atoms with Gasteiger partial charge >= 0.3 is 0 Å². The van der Waals surface area contributed by atoms with Crippen LogP contribution in [-0.2, 0) is 0 Å². The second kappa shape index (κ2) is 9.86. The van der Waals surface area contributed by atoms with Crippen LogP contribution in [0.4, 0.5) is 5.69 Å². The fraction of sp³-hybridized carbons (Fsp3) is 0.500. The van der Waals surface area contributed by atoms with Crippen molar-refractivity contribution in [2.75, 3.05) is 44.2 Å². The lowest BCUT2D eigenvalue weighted by Crippen LogP contribution is -2.55. The number of anilines is 1. The first-order valence-corrected chi connectivity index (χ1v) is 12.1. The third-order valence-corrected chi connectivity index (χ3v) is 7.49. The zero-order valence-electron chi connectivity index (χ0n) is 17.8. The number of hydrogen-bond donors (Lipinski definition) is 2. The Balaban J connectivity index is 1.57. The Bertz CT molecular complexity index is 884. The molecule has 2 aromatic carbocycles. The summed E-state index contributed by atoms with van der Waals surface area (Å²) in [6.07, 6.45) is 2.04. The number of piperazine rings is 1. The SMILES string of the molecule is CC(O)(CN1CCN(c2ccc(Cl)cc2Cl)C(c2ccc(Cl)cc2)C1)C1CCNCC1. The highest BCUT2D eigenvalue weighted by Gasteiger charge is 2.37. The van der Waals surface area contributed by atoms with Crippen LogP contribution in [-0.4, -0.2) is 54.9 Å². The summed E-state index contributed by atoms with van der Waals surface area (Å²) in [4.78, 5) is 4.74. The largest absolute Gasteiger partial charge is 0.389 e. The van der Waals surface area contributed by atoms with Crippen molar-refractivity contribution >= 4 is 40.5 Å². The lowest BCUT2D eigenvalue weighted by molar-refractivity contribution is -0.0437. The molecule has 4 nitrogen and oxygen atoms in total. The summed E-state index contributed by atoms with van der Waals surface area (Å²) >= 11 is 18.9. The molecule has 168 valence electrons. The van der Waals surface area contributed by atoms with Crippen LogP contribution >= 0.6 is 34.8 Å². The van der Waals surface area contributed by atoms with E-state index in [0.717, 1.165) is 56.3 Å². The van der Waals surface area contributed by atoms with Gasteiger partial charge in [-0.1, -0.05) is 46.9 Å². The molecule has 0 aliphatic carbocycles. The smallest absolute Gasteiger partial charge is 0.0775 e. The molecule has 2 fully saturated rings. The first-order chi connectivity index (χ1) is 14.8. The molecule has 7 heteroatoms. The first kappa shape index (κ1) is 23.2. The zero-order chi connectivity index (χ0) is 22.0. The standard InChI is InChI=1S/C24H30Cl3N3O/c1-24(31,18-8-10-28-11-9-18)16-29-12-13-30(22-7-6-20(26)14-21(22)27)23(15-29)17-2-4-19(25)5-3-17/h2-7,14,18,23,28,31H,8-13,15-16H2,1H3. The second-order valence-corrected chi connectivity index (χ2v) is 10.3. The van der Waals surface area contributed by atoms with Crippen LogP contribution in [0.2, 0.25) is 15.1 Å². The van der Waals surface area contributed by atoms with Crippen molar-refractivity contribution in [3.63, 3.8) is 0 Å². The van der Waals surface area contributed by atoms with Gasteiger partial charge in [-0.05, 0) is 74.7 Å². The van der Waals surface area contributed by atoms with E-state index in [9.17, 15) is 5.11 Å². The van der Waals surface area contributed by atoms with E-state index in [1.54, 1.807) is 6.07 Å². The maximum Gasteiger partial charge on any atom is 0.0775 e. The molecule has 2 aromatic rings. The molecule has 2 aliphatic rings. The summed E-state index contributed by atoms with van der Waals surface area (Å²) in [6, 6.07) is 13.8. The van der Waals surface area contributed by atoms with Crippen molar-refractivity contribution < 1.29 is 5.11 Å². The number of hydrogen-bond acceptors (Lipinski definition) is 4. The van der Waals surface area contributed by atoms with E-state index in [4.69, 9.17) is 34.8 Å². The van der Waals surface area contributed by atoms with E-state index in [0.29, 0.717) is 22.5 Å². The lowest BCUT2D eigenvalue weighted by Gasteiger charge is -2.46. The van der Waals surface area contributed by atoms with E-state index >= 15 is 0 Å². The number of aliphatic hydroxyl groups is 1. The van der Waals surface area contributed by atoms with Gasteiger partial charge in [0.1, 0.15) is 0 Å². The van der Waals surface area contributed by atoms with E-state index in [1.807, 2.05) is 31.2 Å². The third kappa shape index (κ3) is 5.50. The number of nitrogens with zero attached hydrogens (tertiary/aromatic N) is 2. The molecular formula is C24H30Cl3N3O. The zero-order valence-corrected chi connectivity index (χ0v) is 20.1. The highest BCUT2D eigenvalue weighted by atomic mass is 35.5. The van der Waals surface area contributed by atoms with Gasteiger partial charge in [-0.15, -0.1) is 0 Å². The van der Waals surface area contributed by atoms with Gasteiger partial charge in [0.15, 0.2) is 0 Å². The van der Waals surface area contributed by atoms with Crippen molar-refractivity contribution in [1.82, 2.24) is 10.2 Å². The number of benzene rings is 2. The van der Waals surface area contributed by atoms with E-state index < -0.39 is 5.60 Å². The highest BCUT2D eigenvalue weighted by Crippen LogP contribution is 2.37. The molecule has 2 heterocycles. The third-order valence-electron chi connectivity index (χ3n) is 6.70. The van der Waals surface area contributed by atoms with Crippen molar-refractivity contribution in [2.45, 2.75) is 31.4 Å². The summed E-state index contributed by atoms with van der Waals surface area (Å²) < 4.78 is 0. The molecule has 0 saturated carbocycles. The van der Waals surface area contributed by atoms with Crippen LogP contribution in [0.25, 0.3) is 0 Å². The normalized spacial score (nSPS) is 23.0. The van der Waals surface area contributed by atoms with Crippen LogP contribution in [0.3, 0.4) is 0 Å². The summed E-state index contributed by atoms with van der Waals surface area (Å²) in [5.41, 5.74) is 1.46. The molecule has 0 aromatic heterocycles. The highest BCUT2D eigenvalue weighted by molar-refractivity contribution is 6.36. The van der Waals surface area contributed by atoms with Crippen molar-refractivity contribution in [3.05, 3.63) is 63.1 Å². The maximum absolute atomic E-state index is 11.3. The van der Waals surface area contributed by atoms with Crippen LogP contribution < -0.4 is 10.2 Å². The van der Waals surface area contributed by atoms with E-state index in [1.165, 1.54) is 5.56 Å². The molecule has 4 rings (SSSR count). The Morgan fingerprint density at radius 3 is 2.35 bits per heavy atom. The van der Waals surface area contributed by atoms with Crippen LogP contribution in [0, 0.1) is 5.92 Å². The predicted octanol–water partition coefficient (Wildman–Crippen LogP) is 5.26. The molecule has 0 spiro atoms. The Kier molecular flexibility index (Phi) is 7.37. The number of piperidine rings is 1. The molecule has 2 aliphatic heterocycles. The minimum Gasteiger partial charge on any atom is -0.389 e. The van der Waals surface area contributed by atoms with Gasteiger partial charge in [0, 0.05) is 36.2 Å². The van der Waals surface area contributed by atoms with Gasteiger partial charge in [0.05, 0.1) is 22.4 Å². The summed E-state index contributed by atoms with van der Waals surface area (Å²) in [5, 5.41) is 16.7. The average Bonchev–Trinajstić information content (AvgIpc) is 2.75. The lowest BCUT2D eigenvalue weighted by atomic mass is 9.81. The van der Waals surface area contributed by atoms with Crippen LogP contribution in [0.15, 0.2) is 42.5 Å². The topological polar surface area (TPSA) is 38.7 Å². The Hall–Kier alpha value is -1.01. The van der Waals surface area contributed by atoms with E-state index in [2.05, 4.69) is 27.2 Å². The molecule has 2 unspecified atom stereocenters. The van der Waals surface area contributed by atoms with Gasteiger partial charge in [-0.2, -0.15) is 0 Å². The van der Waals surface area contributed by atoms with Crippen LogP contribution in [0.1, 0.15) is 31.4 Å². The molecule has 2 atom stereocenters. The Morgan fingerprint density at radius 2 is 1.68 bits per heavy atom. The summed E-state index contributed by atoms with van der Waals surface area (Å²) in [6.45, 7) is 7.13. The summed E-state index contributed by atoms with van der Waals surface area (Å²) in [7, 11) is 0. The number of nitrogens with one attached hydrogen (secondary N) is 1. The maximum atomic E-state index is 11.3. The quantitative estimate of drug-likeness (QED) is 0.610.